The van der Waals surface area contributed by atoms with Crippen molar-refractivity contribution in [1.82, 2.24) is 0 Å². The lowest BCUT2D eigenvalue weighted by atomic mass is 9.65. The molecule has 0 bridgehead atoms. The normalized spacial score (nSPS) is 33.3. The number of fused-ring (bicyclic) bond motifs is 2. The molecule has 0 saturated heterocycles. The third kappa shape index (κ3) is 4.61. The van der Waals surface area contributed by atoms with Crippen molar-refractivity contribution in [2.75, 3.05) is 6.61 Å². The van der Waals surface area contributed by atoms with Gasteiger partial charge in [-0.2, -0.15) is 0 Å². The van der Waals surface area contributed by atoms with Crippen molar-refractivity contribution in [3.05, 3.63) is 34.9 Å². The minimum absolute atomic E-state index is 0.558. The van der Waals surface area contributed by atoms with Crippen molar-refractivity contribution in [2.24, 2.45) is 17.8 Å². The van der Waals surface area contributed by atoms with Gasteiger partial charge in [-0.25, -0.2) is 0 Å². The van der Waals surface area contributed by atoms with Crippen LogP contribution in [0.4, 0.5) is 0 Å². The molecule has 2 fully saturated rings. The minimum atomic E-state index is 0.558. The Kier molecular flexibility index (Phi) is 6.58. The number of hydrogen-bond acceptors (Lipinski definition) is 1. The Balaban J connectivity index is 1.36. The zero-order valence-electron chi connectivity index (χ0n) is 17.7. The van der Waals surface area contributed by atoms with Gasteiger partial charge in [0.2, 0.25) is 0 Å². The van der Waals surface area contributed by atoms with Crippen LogP contribution in [0.5, 0.6) is 0 Å². The molecule has 1 heteroatoms. The fourth-order valence-corrected chi connectivity index (χ4v) is 6.34. The van der Waals surface area contributed by atoms with Gasteiger partial charge in [0.15, 0.2) is 0 Å². The molecule has 1 nitrogen and oxygen atoms in total. The van der Waals surface area contributed by atoms with E-state index in [2.05, 4.69) is 32.0 Å². The summed E-state index contributed by atoms with van der Waals surface area (Å²) >= 11 is 0. The third-order valence-corrected chi connectivity index (χ3v) is 7.85. The van der Waals surface area contributed by atoms with Crippen LogP contribution >= 0.6 is 0 Å². The van der Waals surface area contributed by atoms with Crippen LogP contribution in [-0.2, 0) is 17.6 Å². The number of benzene rings is 1. The van der Waals surface area contributed by atoms with Gasteiger partial charge in [0.25, 0.3) is 0 Å². The van der Waals surface area contributed by atoms with Crippen molar-refractivity contribution in [3.63, 3.8) is 0 Å². The second-order valence-electron chi connectivity index (χ2n) is 9.76. The molecule has 0 radical (unpaired) electrons. The van der Waals surface area contributed by atoms with E-state index in [9.17, 15) is 0 Å². The maximum atomic E-state index is 6.08. The Morgan fingerprint density at radius 3 is 2.59 bits per heavy atom. The topological polar surface area (TPSA) is 9.23 Å². The van der Waals surface area contributed by atoms with Crippen LogP contribution in [-0.4, -0.2) is 12.7 Å². The summed E-state index contributed by atoms with van der Waals surface area (Å²) in [6.45, 7) is 5.51. The molecule has 0 amide bonds. The van der Waals surface area contributed by atoms with E-state index in [1.54, 1.807) is 16.7 Å². The first-order valence-corrected chi connectivity index (χ1v) is 12.0. The standard InChI is InChI=1S/C26H40O/c1-3-5-19-6-7-21-16-22(9-8-20(21)15-19)23-10-11-25-18-26(27-14-4-2)13-12-24(25)17-23/h8-9,16,19,23-26H,3-7,10-15,17-18H2,1-2H3. The van der Waals surface area contributed by atoms with Crippen LogP contribution in [0.15, 0.2) is 18.2 Å². The SMILES string of the molecule is CCCOC1CCC2CC(c3ccc4c(c3)CCC(CCC)C4)CCC2C1. The molecule has 5 atom stereocenters. The van der Waals surface area contributed by atoms with Crippen LogP contribution in [0, 0.1) is 17.8 Å². The van der Waals surface area contributed by atoms with Gasteiger partial charge in [0.1, 0.15) is 0 Å². The van der Waals surface area contributed by atoms with E-state index in [0.29, 0.717) is 6.10 Å². The van der Waals surface area contributed by atoms with E-state index in [0.717, 1.165) is 36.7 Å². The molecule has 3 aliphatic carbocycles. The van der Waals surface area contributed by atoms with E-state index in [-0.39, 0.29) is 0 Å². The summed E-state index contributed by atoms with van der Waals surface area (Å²) in [5.41, 5.74) is 5.00. The molecular formula is C26H40O. The highest BCUT2D eigenvalue weighted by atomic mass is 16.5. The van der Waals surface area contributed by atoms with Gasteiger partial charge >= 0.3 is 0 Å². The summed E-state index contributed by atoms with van der Waals surface area (Å²) in [7, 11) is 0. The summed E-state index contributed by atoms with van der Waals surface area (Å²) < 4.78 is 6.08. The predicted molar refractivity (Wildman–Crippen MR) is 114 cm³/mol. The molecule has 3 aliphatic rings. The molecule has 2 saturated carbocycles. The molecule has 27 heavy (non-hydrogen) atoms. The monoisotopic (exact) mass is 368 g/mol. The van der Waals surface area contributed by atoms with E-state index in [1.165, 1.54) is 70.6 Å². The van der Waals surface area contributed by atoms with Crippen molar-refractivity contribution >= 4 is 0 Å². The summed E-state index contributed by atoms with van der Waals surface area (Å²) in [4.78, 5) is 0. The zero-order chi connectivity index (χ0) is 18.6. The molecule has 0 N–H and O–H groups in total. The minimum Gasteiger partial charge on any atom is -0.378 e. The largest absolute Gasteiger partial charge is 0.378 e. The van der Waals surface area contributed by atoms with Gasteiger partial charge in [0, 0.05) is 6.61 Å². The lowest BCUT2D eigenvalue weighted by Gasteiger charge is -2.42. The molecule has 1 aromatic rings. The second-order valence-corrected chi connectivity index (χ2v) is 9.76. The number of ether oxygens (including phenoxy) is 1. The van der Waals surface area contributed by atoms with E-state index < -0.39 is 0 Å². The Bertz CT molecular complexity index is 606. The van der Waals surface area contributed by atoms with E-state index >= 15 is 0 Å². The van der Waals surface area contributed by atoms with Gasteiger partial charge < -0.3 is 4.74 Å². The van der Waals surface area contributed by atoms with E-state index in [1.807, 2.05) is 0 Å². The summed E-state index contributed by atoms with van der Waals surface area (Å²) in [5.74, 6) is 3.64. The lowest BCUT2D eigenvalue weighted by Crippen LogP contribution is -2.34. The van der Waals surface area contributed by atoms with Gasteiger partial charge in [-0.15, -0.1) is 0 Å². The van der Waals surface area contributed by atoms with Crippen molar-refractivity contribution in [2.45, 2.75) is 103 Å². The third-order valence-electron chi connectivity index (χ3n) is 7.85. The van der Waals surface area contributed by atoms with Gasteiger partial charge in [-0.1, -0.05) is 44.9 Å². The quantitative estimate of drug-likeness (QED) is 0.521. The Hall–Kier alpha value is -0.820. The fourth-order valence-electron chi connectivity index (χ4n) is 6.34. The molecular weight excluding hydrogens is 328 g/mol. The average molecular weight is 369 g/mol. The van der Waals surface area contributed by atoms with Crippen LogP contribution in [0.1, 0.15) is 101 Å². The summed E-state index contributed by atoms with van der Waals surface area (Å²) in [6, 6.07) is 7.60. The van der Waals surface area contributed by atoms with Crippen LogP contribution < -0.4 is 0 Å². The van der Waals surface area contributed by atoms with Crippen molar-refractivity contribution < 1.29 is 4.74 Å². The Morgan fingerprint density at radius 1 is 0.889 bits per heavy atom. The number of aryl methyl sites for hydroxylation is 1. The van der Waals surface area contributed by atoms with Gasteiger partial charge in [-0.05, 0) is 105 Å². The first-order valence-electron chi connectivity index (χ1n) is 12.0. The molecule has 150 valence electrons. The van der Waals surface area contributed by atoms with E-state index in [4.69, 9.17) is 4.74 Å². The van der Waals surface area contributed by atoms with Crippen LogP contribution in [0.25, 0.3) is 0 Å². The van der Waals surface area contributed by atoms with Crippen molar-refractivity contribution in [3.8, 4) is 0 Å². The Morgan fingerprint density at radius 2 is 1.74 bits per heavy atom. The smallest absolute Gasteiger partial charge is 0.0578 e. The fraction of sp³-hybridized carbons (Fsp3) is 0.769. The molecule has 5 unspecified atom stereocenters. The molecule has 0 aromatic heterocycles. The number of hydrogen-bond donors (Lipinski definition) is 0. The summed E-state index contributed by atoms with van der Waals surface area (Å²) in [5, 5.41) is 0. The molecule has 4 rings (SSSR count). The first kappa shape index (κ1) is 19.5. The zero-order valence-corrected chi connectivity index (χ0v) is 17.7. The molecule has 0 aliphatic heterocycles. The van der Waals surface area contributed by atoms with Gasteiger partial charge in [-0.3, -0.25) is 0 Å². The summed E-state index contributed by atoms with van der Waals surface area (Å²) in [6.07, 6.45) is 16.8. The maximum absolute atomic E-state index is 6.08. The first-order chi connectivity index (χ1) is 13.3. The van der Waals surface area contributed by atoms with Crippen molar-refractivity contribution in [1.29, 1.82) is 0 Å². The lowest BCUT2D eigenvalue weighted by molar-refractivity contribution is -0.0147. The second kappa shape index (κ2) is 9.12. The number of rotatable bonds is 6. The highest BCUT2D eigenvalue weighted by Crippen LogP contribution is 2.47. The molecule has 0 spiro atoms. The molecule has 1 aromatic carbocycles. The van der Waals surface area contributed by atoms with Crippen LogP contribution in [0.2, 0.25) is 0 Å². The van der Waals surface area contributed by atoms with Gasteiger partial charge in [0.05, 0.1) is 6.10 Å². The maximum Gasteiger partial charge on any atom is 0.0578 e. The average Bonchev–Trinajstić information content (AvgIpc) is 2.71. The predicted octanol–water partition coefficient (Wildman–Crippen LogP) is 7.07. The molecule has 0 heterocycles. The highest BCUT2D eigenvalue weighted by Gasteiger charge is 2.36. The highest BCUT2D eigenvalue weighted by molar-refractivity contribution is 5.36. The van der Waals surface area contributed by atoms with Crippen LogP contribution in [0.3, 0.4) is 0 Å². The Labute approximate surface area is 167 Å².